The molecular formula is C2H8FNO3P+. The summed E-state index contributed by atoms with van der Waals surface area (Å²) in [5, 5.41) is 0. The van der Waals surface area contributed by atoms with Crippen LogP contribution in [0.4, 0.5) is 4.39 Å². The first kappa shape index (κ1) is 8.20. The second-order valence-electron chi connectivity index (χ2n) is 1.31. The topological polar surface area (TPSA) is 91.2 Å². The van der Waals surface area contributed by atoms with Gasteiger partial charge in [0.15, 0.2) is 0 Å². The van der Waals surface area contributed by atoms with Gasteiger partial charge in [0.25, 0.3) is 7.94 Å². The number of hydrogen-bond donors (Lipinski definition) is 3. The van der Waals surface area contributed by atoms with E-state index >= 15 is 0 Å². The van der Waals surface area contributed by atoms with Gasteiger partial charge in [-0.2, -0.15) is 4.39 Å². The Balaban J connectivity index is 3.62. The normalized spacial score (nSPS) is 16.1. The molecule has 0 radical (unpaired) electrons. The summed E-state index contributed by atoms with van der Waals surface area (Å²) >= 11 is 0. The van der Waals surface area contributed by atoms with E-state index in [-0.39, 0.29) is 6.54 Å². The quantitative estimate of drug-likeness (QED) is 0.378. The zero-order valence-electron chi connectivity index (χ0n) is 4.12. The lowest BCUT2D eigenvalue weighted by Crippen LogP contribution is -2.55. The van der Waals surface area contributed by atoms with Crippen LogP contribution in [0.5, 0.6) is 0 Å². The van der Waals surface area contributed by atoms with Crippen molar-refractivity contribution in [2.45, 2.75) is 5.91 Å². The number of halogens is 1. The molecule has 0 amide bonds. The largest absolute Gasteiger partial charge is 0.629 e. The first-order valence-electron chi connectivity index (χ1n) is 1.97. The predicted molar refractivity (Wildman–Crippen MR) is 24.0 cm³/mol. The second kappa shape index (κ2) is 2.66. The van der Waals surface area contributed by atoms with Crippen molar-refractivity contribution in [2.75, 3.05) is 6.54 Å². The number of alkyl halides is 1. The van der Waals surface area contributed by atoms with Crippen molar-refractivity contribution in [3.05, 3.63) is 0 Å². The molecule has 1 unspecified atom stereocenters. The summed E-state index contributed by atoms with van der Waals surface area (Å²) in [6, 6.07) is 0. The Morgan fingerprint density at radius 1 is 1.75 bits per heavy atom. The van der Waals surface area contributed by atoms with Crippen LogP contribution in [0.3, 0.4) is 0 Å². The Morgan fingerprint density at radius 2 is 2.12 bits per heavy atom. The third kappa shape index (κ3) is 2.49. The van der Waals surface area contributed by atoms with Gasteiger partial charge in [-0.3, -0.25) is 0 Å². The standard InChI is InChI=1S/C2H7FNO3P/c3-2(1-4)8(5,6)7/h2H,1,4H2,(H2,5,6,7)/p+1. The molecule has 6 heteroatoms. The van der Waals surface area contributed by atoms with Gasteiger partial charge in [0.2, 0.25) is 0 Å². The van der Waals surface area contributed by atoms with E-state index in [1.165, 1.54) is 0 Å². The van der Waals surface area contributed by atoms with Gasteiger partial charge in [-0.25, -0.2) is 9.79 Å². The van der Waals surface area contributed by atoms with Crippen LogP contribution in [0.15, 0.2) is 0 Å². The Hall–Kier alpha value is 0.200. The molecule has 0 rings (SSSR count). The third-order valence-corrected chi connectivity index (χ3v) is 1.59. The van der Waals surface area contributed by atoms with E-state index in [4.69, 9.17) is 9.79 Å². The molecular weight excluding hydrogens is 136 g/mol. The fraction of sp³-hybridized carbons (Fsp3) is 1.00. The van der Waals surface area contributed by atoms with Crippen LogP contribution in [0, 0.1) is 0 Å². The number of rotatable bonds is 2. The second-order valence-corrected chi connectivity index (χ2v) is 3.05. The van der Waals surface area contributed by atoms with E-state index in [0.717, 1.165) is 0 Å². The van der Waals surface area contributed by atoms with Crippen molar-refractivity contribution >= 4 is 7.94 Å². The zero-order valence-corrected chi connectivity index (χ0v) is 5.01. The maximum atomic E-state index is 11.8. The average Bonchev–Trinajstić information content (AvgIpc) is 1.62. The maximum Gasteiger partial charge on any atom is 0.301 e. The van der Waals surface area contributed by atoms with E-state index in [1.807, 2.05) is 0 Å². The Kier molecular flexibility index (Phi) is 2.73. The lowest BCUT2D eigenvalue weighted by Gasteiger charge is -2.15. The summed E-state index contributed by atoms with van der Waals surface area (Å²) in [5.41, 5.74) is 2.98. The monoisotopic (exact) mass is 144 g/mol. The summed E-state index contributed by atoms with van der Waals surface area (Å²) in [5.74, 6) is -2.09. The highest BCUT2D eigenvalue weighted by atomic mass is 31.2. The van der Waals surface area contributed by atoms with Crippen molar-refractivity contribution in [2.24, 2.45) is 0 Å². The summed E-state index contributed by atoms with van der Waals surface area (Å²) < 4.78 is 11.8. The number of quaternary nitrogens is 1. The van der Waals surface area contributed by atoms with Crippen LogP contribution in [-0.2, 0) is 0 Å². The van der Waals surface area contributed by atoms with Gasteiger partial charge in [0.05, 0.1) is 0 Å². The summed E-state index contributed by atoms with van der Waals surface area (Å²) in [6.45, 7) is -0.385. The van der Waals surface area contributed by atoms with Gasteiger partial charge in [-0.1, -0.05) is 0 Å². The van der Waals surface area contributed by atoms with E-state index in [0.29, 0.717) is 0 Å². The van der Waals surface area contributed by atoms with Crippen molar-refractivity contribution in [3.63, 3.8) is 0 Å². The minimum Gasteiger partial charge on any atom is -0.629 e. The Labute approximate surface area is 46.3 Å². The lowest BCUT2D eigenvalue weighted by molar-refractivity contribution is -0.376. The smallest absolute Gasteiger partial charge is 0.301 e. The molecule has 0 spiro atoms. The van der Waals surface area contributed by atoms with E-state index < -0.39 is 13.9 Å². The van der Waals surface area contributed by atoms with Gasteiger partial charge in [0, 0.05) is 0 Å². The molecule has 0 heterocycles. The highest BCUT2D eigenvalue weighted by Crippen LogP contribution is 2.45. The average molecular weight is 144 g/mol. The van der Waals surface area contributed by atoms with Crippen molar-refractivity contribution in [1.82, 2.24) is 0 Å². The molecule has 8 heavy (non-hydrogen) atoms. The third-order valence-electron chi connectivity index (χ3n) is 0.603. The highest BCUT2D eigenvalue weighted by molar-refractivity contribution is 7.57. The van der Waals surface area contributed by atoms with E-state index in [2.05, 4.69) is 5.73 Å². The van der Waals surface area contributed by atoms with Crippen LogP contribution < -0.4 is 10.6 Å². The molecule has 50 valence electrons. The minimum atomic E-state index is -4.49. The van der Waals surface area contributed by atoms with Gasteiger partial charge < -0.3 is 10.6 Å². The van der Waals surface area contributed by atoms with Gasteiger partial charge in [-0.05, 0) is 0 Å². The summed E-state index contributed by atoms with van der Waals surface area (Å²) in [4.78, 5) is 25.8. The Morgan fingerprint density at radius 3 is 2.12 bits per heavy atom. The molecule has 5 N–H and O–H groups in total. The summed E-state index contributed by atoms with van der Waals surface area (Å²) in [7, 11) is -4.49. The fourth-order valence-corrected chi connectivity index (χ4v) is 0.505. The minimum absolute atomic E-state index is 0.385. The van der Waals surface area contributed by atoms with Crippen LogP contribution >= 0.6 is 7.94 Å². The molecule has 0 aromatic rings. The first-order valence-corrected chi connectivity index (χ1v) is 3.65. The molecule has 4 nitrogen and oxygen atoms in total. The number of hydrogen-bond acceptors (Lipinski definition) is 3. The summed E-state index contributed by atoms with van der Waals surface area (Å²) in [6.07, 6.45) is 0. The van der Waals surface area contributed by atoms with Crippen LogP contribution in [0.1, 0.15) is 0 Å². The van der Waals surface area contributed by atoms with Gasteiger partial charge in [0.1, 0.15) is 6.54 Å². The van der Waals surface area contributed by atoms with Crippen LogP contribution in [0.2, 0.25) is 0 Å². The SMILES string of the molecule is [NH3+]CC(F)[P+]([O-])(O)O. The fourth-order valence-electron chi connectivity index (χ4n) is 0.168. The van der Waals surface area contributed by atoms with Crippen molar-refractivity contribution < 1.29 is 24.8 Å². The molecule has 0 fully saturated rings. The van der Waals surface area contributed by atoms with Crippen LogP contribution in [-0.4, -0.2) is 22.2 Å². The van der Waals surface area contributed by atoms with E-state index in [9.17, 15) is 9.28 Å². The zero-order chi connectivity index (χ0) is 6.78. The highest BCUT2D eigenvalue weighted by Gasteiger charge is 2.33. The molecule has 0 saturated heterocycles. The van der Waals surface area contributed by atoms with Crippen LogP contribution in [0.25, 0.3) is 0 Å². The molecule has 0 bridgehead atoms. The molecule has 0 aromatic heterocycles. The molecule has 0 aliphatic carbocycles. The maximum absolute atomic E-state index is 11.8. The molecule has 0 saturated carbocycles. The molecule has 0 aliphatic rings. The molecule has 1 atom stereocenters. The molecule has 0 aromatic carbocycles. The Bertz CT molecular complexity index is 74.2. The lowest BCUT2D eigenvalue weighted by atomic mass is 10.8. The van der Waals surface area contributed by atoms with Gasteiger partial charge in [-0.15, -0.1) is 0 Å². The van der Waals surface area contributed by atoms with E-state index in [1.54, 1.807) is 0 Å². The van der Waals surface area contributed by atoms with Crippen molar-refractivity contribution in [1.29, 1.82) is 0 Å². The predicted octanol–water partition coefficient (Wildman–Crippen LogP) is -2.37. The molecule has 0 aliphatic heterocycles. The first-order chi connectivity index (χ1) is 3.48. The van der Waals surface area contributed by atoms with Crippen molar-refractivity contribution in [3.8, 4) is 0 Å². The van der Waals surface area contributed by atoms with Gasteiger partial charge >= 0.3 is 5.91 Å².